The van der Waals surface area contributed by atoms with E-state index in [1.807, 2.05) is 14.0 Å². The van der Waals surface area contributed by atoms with E-state index in [4.69, 9.17) is 0 Å². The third kappa shape index (κ3) is 1.96. The molecule has 1 aliphatic rings. The van der Waals surface area contributed by atoms with Gasteiger partial charge in [-0.2, -0.15) is 10.4 Å². The maximum Gasteiger partial charge on any atom is 0.101 e. The fourth-order valence-electron chi connectivity index (χ4n) is 2.71. The molecule has 1 aliphatic carbocycles. The Labute approximate surface area is 102 Å². The molecule has 1 aromatic rings. The summed E-state index contributed by atoms with van der Waals surface area (Å²) in [7, 11) is 1.85. The summed E-state index contributed by atoms with van der Waals surface area (Å²) < 4.78 is 1.74. The molecule has 0 spiro atoms. The van der Waals surface area contributed by atoms with Gasteiger partial charge in [0.2, 0.25) is 0 Å². The van der Waals surface area contributed by atoms with E-state index in [1.54, 1.807) is 10.9 Å². The van der Waals surface area contributed by atoms with Crippen LogP contribution < -0.4 is 0 Å². The number of aryl methyl sites for hydroxylation is 1. The average Bonchev–Trinajstić information content (AvgIpc) is 2.70. The van der Waals surface area contributed by atoms with Crippen LogP contribution in [0.25, 0.3) is 0 Å². The van der Waals surface area contributed by atoms with Crippen LogP contribution in [-0.2, 0) is 7.05 Å². The molecule has 17 heavy (non-hydrogen) atoms. The summed E-state index contributed by atoms with van der Waals surface area (Å²) in [6.07, 6.45) is 5.79. The van der Waals surface area contributed by atoms with Crippen molar-refractivity contribution in [3.05, 3.63) is 17.5 Å². The third-order valence-electron chi connectivity index (χ3n) is 4.06. The Morgan fingerprint density at radius 3 is 2.59 bits per heavy atom. The number of aliphatic hydroxyl groups is 1. The minimum absolute atomic E-state index is 0.605. The summed E-state index contributed by atoms with van der Waals surface area (Å²) in [5, 5.41) is 24.1. The molecule has 92 valence electrons. The van der Waals surface area contributed by atoms with Crippen molar-refractivity contribution in [2.45, 2.75) is 45.1 Å². The Morgan fingerprint density at radius 1 is 1.47 bits per heavy atom. The van der Waals surface area contributed by atoms with E-state index in [0.717, 1.165) is 36.9 Å². The Morgan fingerprint density at radius 2 is 2.12 bits per heavy atom. The predicted octanol–water partition coefficient (Wildman–Crippen LogP) is 2.24. The Kier molecular flexibility index (Phi) is 3.21. The lowest BCUT2D eigenvalue weighted by atomic mass is 9.69. The molecule has 1 unspecified atom stereocenters. The van der Waals surface area contributed by atoms with Gasteiger partial charge in [-0.3, -0.25) is 4.68 Å². The number of nitriles is 1. The third-order valence-corrected chi connectivity index (χ3v) is 4.06. The van der Waals surface area contributed by atoms with Crippen molar-refractivity contribution in [2.75, 3.05) is 0 Å². The smallest absolute Gasteiger partial charge is 0.101 e. The van der Waals surface area contributed by atoms with E-state index in [2.05, 4.69) is 11.2 Å². The normalized spacial score (nSPS) is 20.8. The van der Waals surface area contributed by atoms with Crippen LogP contribution in [0.4, 0.5) is 0 Å². The van der Waals surface area contributed by atoms with Gasteiger partial charge in [0.15, 0.2) is 0 Å². The minimum Gasteiger partial charge on any atom is -0.387 e. The second-order valence-electron chi connectivity index (χ2n) is 5.04. The fourth-order valence-corrected chi connectivity index (χ4v) is 2.71. The lowest BCUT2D eigenvalue weighted by molar-refractivity contribution is 0.0354. The highest BCUT2D eigenvalue weighted by Crippen LogP contribution is 2.46. The van der Waals surface area contributed by atoms with Crippen LogP contribution in [0.1, 0.15) is 49.5 Å². The highest BCUT2D eigenvalue weighted by atomic mass is 16.3. The van der Waals surface area contributed by atoms with Crippen LogP contribution in [0, 0.1) is 23.7 Å². The molecule has 1 atom stereocenters. The molecule has 1 fully saturated rings. The maximum atomic E-state index is 10.5. The summed E-state index contributed by atoms with van der Waals surface area (Å²) in [6.45, 7) is 1.93. The zero-order chi connectivity index (χ0) is 12.5. The lowest BCUT2D eigenvalue weighted by Crippen LogP contribution is -2.30. The molecule has 4 nitrogen and oxygen atoms in total. The average molecular weight is 233 g/mol. The van der Waals surface area contributed by atoms with Crippen molar-refractivity contribution >= 4 is 0 Å². The first-order valence-corrected chi connectivity index (χ1v) is 6.18. The molecular weight excluding hydrogens is 214 g/mol. The molecule has 0 radical (unpaired) electrons. The Bertz CT molecular complexity index is 438. The molecular formula is C13H19N3O. The lowest BCUT2D eigenvalue weighted by Gasteiger charge is -2.34. The summed E-state index contributed by atoms with van der Waals surface area (Å²) in [5.74, 6) is 0. The number of rotatable bonds is 2. The number of aliphatic hydroxyl groups excluding tert-OH is 1. The molecule has 1 saturated carbocycles. The fraction of sp³-hybridized carbons (Fsp3) is 0.692. The van der Waals surface area contributed by atoms with Gasteiger partial charge in [0.25, 0.3) is 0 Å². The molecule has 1 heterocycles. The molecule has 4 heteroatoms. The van der Waals surface area contributed by atoms with Gasteiger partial charge < -0.3 is 5.11 Å². The zero-order valence-corrected chi connectivity index (χ0v) is 10.5. The van der Waals surface area contributed by atoms with Gasteiger partial charge in [0.05, 0.1) is 17.7 Å². The first-order chi connectivity index (χ1) is 8.10. The van der Waals surface area contributed by atoms with Crippen LogP contribution in [0.5, 0.6) is 0 Å². The first-order valence-electron chi connectivity index (χ1n) is 6.18. The van der Waals surface area contributed by atoms with Gasteiger partial charge >= 0.3 is 0 Å². The topological polar surface area (TPSA) is 61.8 Å². The van der Waals surface area contributed by atoms with Gasteiger partial charge in [-0.15, -0.1) is 0 Å². The summed E-state index contributed by atoms with van der Waals surface area (Å²) in [6, 6.07) is 2.37. The monoisotopic (exact) mass is 233 g/mol. The van der Waals surface area contributed by atoms with Crippen molar-refractivity contribution in [3.8, 4) is 6.07 Å². The SMILES string of the molecule is Cc1c(C(O)C2(C#N)CCCCC2)cnn1C. The molecule has 1 N–H and O–H groups in total. The van der Waals surface area contributed by atoms with Crippen molar-refractivity contribution in [1.29, 1.82) is 5.26 Å². The predicted molar refractivity (Wildman–Crippen MR) is 64.0 cm³/mol. The molecule has 1 aromatic heterocycles. The Hall–Kier alpha value is -1.34. The summed E-state index contributed by atoms with van der Waals surface area (Å²) in [5.41, 5.74) is 1.14. The van der Waals surface area contributed by atoms with E-state index in [1.165, 1.54) is 6.42 Å². The Balaban J connectivity index is 2.32. The second-order valence-corrected chi connectivity index (χ2v) is 5.04. The highest BCUT2D eigenvalue weighted by molar-refractivity contribution is 5.24. The molecule has 2 rings (SSSR count). The molecule has 0 amide bonds. The number of hydrogen-bond acceptors (Lipinski definition) is 3. The minimum atomic E-state index is -0.707. The standard InChI is InChI=1S/C13H19N3O/c1-10-11(8-15-16(10)2)12(17)13(9-14)6-4-3-5-7-13/h8,12,17H,3-7H2,1-2H3. The molecule has 0 aliphatic heterocycles. The van der Waals surface area contributed by atoms with Gasteiger partial charge in [-0.05, 0) is 19.8 Å². The molecule has 0 bridgehead atoms. The van der Waals surface area contributed by atoms with E-state index >= 15 is 0 Å². The summed E-state index contributed by atoms with van der Waals surface area (Å²) >= 11 is 0. The van der Waals surface area contributed by atoms with Gasteiger partial charge in [-0.1, -0.05) is 19.3 Å². The molecule has 0 aromatic carbocycles. The number of aromatic nitrogens is 2. The van der Waals surface area contributed by atoms with Gasteiger partial charge in [0, 0.05) is 18.3 Å². The van der Waals surface area contributed by atoms with E-state index in [0.29, 0.717) is 0 Å². The van der Waals surface area contributed by atoms with E-state index in [9.17, 15) is 10.4 Å². The van der Waals surface area contributed by atoms with Gasteiger partial charge in [0.1, 0.15) is 6.10 Å². The van der Waals surface area contributed by atoms with Crippen LogP contribution in [0.3, 0.4) is 0 Å². The van der Waals surface area contributed by atoms with Crippen LogP contribution in [0.2, 0.25) is 0 Å². The highest BCUT2D eigenvalue weighted by Gasteiger charge is 2.41. The summed E-state index contributed by atoms with van der Waals surface area (Å²) in [4.78, 5) is 0. The molecule has 0 saturated heterocycles. The van der Waals surface area contributed by atoms with Crippen molar-refractivity contribution in [1.82, 2.24) is 9.78 Å². The van der Waals surface area contributed by atoms with E-state index < -0.39 is 11.5 Å². The first kappa shape index (κ1) is 12.1. The van der Waals surface area contributed by atoms with Gasteiger partial charge in [-0.25, -0.2) is 0 Å². The maximum absolute atomic E-state index is 10.5. The largest absolute Gasteiger partial charge is 0.387 e. The van der Waals surface area contributed by atoms with Crippen molar-refractivity contribution in [2.24, 2.45) is 12.5 Å². The van der Waals surface area contributed by atoms with E-state index in [-0.39, 0.29) is 0 Å². The van der Waals surface area contributed by atoms with Crippen LogP contribution in [0.15, 0.2) is 6.20 Å². The second kappa shape index (κ2) is 4.50. The van der Waals surface area contributed by atoms with Crippen molar-refractivity contribution in [3.63, 3.8) is 0 Å². The van der Waals surface area contributed by atoms with Crippen LogP contribution >= 0.6 is 0 Å². The number of hydrogen-bond donors (Lipinski definition) is 1. The van der Waals surface area contributed by atoms with Crippen molar-refractivity contribution < 1.29 is 5.11 Å². The van der Waals surface area contributed by atoms with Crippen LogP contribution in [-0.4, -0.2) is 14.9 Å². The number of nitrogens with zero attached hydrogens (tertiary/aromatic N) is 3. The quantitative estimate of drug-likeness (QED) is 0.852. The zero-order valence-electron chi connectivity index (χ0n) is 10.5.